The van der Waals surface area contributed by atoms with Crippen LogP contribution in [0.2, 0.25) is 0 Å². The summed E-state index contributed by atoms with van der Waals surface area (Å²) in [6.45, 7) is 1.93. The third-order valence-electron chi connectivity index (χ3n) is 5.29. The Balaban J connectivity index is 3.91. The van der Waals surface area contributed by atoms with Gasteiger partial charge in [-0.05, 0) is 32.1 Å². The molecule has 0 aromatic carbocycles. The van der Waals surface area contributed by atoms with Crippen molar-refractivity contribution in [2.24, 2.45) is 0 Å². The van der Waals surface area contributed by atoms with Gasteiger partial charge in [-0.15, -0.1) is 0 Å². The van der Waals surface area contributed by atoms with Gasteiger partial charge in [0.05, 0.1) is 21.1 Å². The Morgan fingerprint density at radius 1 is 0.833 bits per heavy atom. The number of carbonyl (C=O) groups is 1. The van der Waals surface area contributed by atoms with E-state index in [1.54, 1.807) is 21.1 Å². The lowest BCUT2D eigenvalue weighted by atomic mass is 10.0. The quantitative estimate of drug-likeness (QED) is 0.110. The van der Waals surface area contributed by atoms with Gasteiger partial charge in [-0.2, -0.15) is 0 Å². The van der Waals surface area contributed by atoms with Gasteiger partial charge >= 0.3 is 7.60 Å². The van der Waals surface area contributed by atoms with E-state index >= 15 is 0 Å². The number of hydrogen-bond donors (Lipinski definition) is 3. The van der Waals surface area contributed by atoms with Crippen LogP contribution in [0, 0.1) is 0 Å². The minimum absolute atomic E-state index is 0.000229. The Morgan fingerprint density at radius 3 is 1.70 bits per heavy atom. The molecule has 0 spiro atoms. The molecule has 0 saturated heterocycles. The third kappa shape index (κ3) is 13.7. The van der Waals surface area contributed by atoms with Crippen LogP contribution >= 0.6 is 7.60 Å². The number of Topliss-reactive ketones (excluding diaryl/α,β-unsaturated/α-hetero) is 1. The molecule has 1 unspecified atom stereocenters. The van der Waals surface area contributed by atoms with Gasteiger partial charge in [-0.25, -0.2) is 0 Å². The zero-order valence-electron chi connectivity index (χ0n) is 19.8. The van der Waals surface area contributed by atoms with Crippen molar-refractivity contribution in [2.75, 3.05) is 27.7 Å². The Labute approximate surface area is 184 Å². The fourth-order valence-corrected chi connectivity index (χ4v) is 4.61. The molecule has 0 aromatic rings. The van der Waals surface area contributed by atoms with Crippen LogP contribution in [0.5, 0.6) is 0 Å². The average molecular weight is 449 g/mol. The molecule has 0 saturated carbocycles. The maximum absolute atomic E-state index is 12.4. The number of nitrogens with zero attached hydrogens (tertiary/aromatic N) is 1. The molecule has 30 heavy (non-hydrogen) atoms. The van der Waals surface area contributed by atoms with Gasteiger partial charge in [-0.1, -0.05) is 70.4 Å². The smallest absolute Gasteiger partial charge is 0.367 e. The lowest BCUT2D eigenvalue weighted by molar-refractivity contribution is -0.874. The summed E-state index contributed by atoms with van der Waals surface area (Å²) in [6, 6.07) is 0. The number of likely N-dealkylation sites (N-methyl/N-ethyl adjacent to an activating group) is 1. The standard InChI is InChI=1S/C23H46NO5P/c1-5-6-7-8-9-10-11-12-13-14-15-16-17-18-19-20-22(25)23(26,30(27,28)29)21-24(2,3)4/h12-13,26H,5-11,14-21H2,1-4H3,(H-,27,28,29)/p+1/b13-12-. The van der Waals surface area contributed by atoms with E-state index < -0.39 is 18.7 Å². The van der Waals surface area contributed by atoms with Crippen LogP contribution in [0.4, 0.5) is 0 Å². The molecule has 0 radical (unpaired) electrons. The summed E-state index contributed by atoms with van der Waals surface area (Å²) < 4.78 is 11.8. The number of unbranched alkanes of at least 4 members (excludes halogenated alkanes) is 11. The summed E-state index contributed by atoms with van der Waals surface area (Å²) in [5.41, 5.74) is 0. The van der Waals surface area contributed by atoms with E-state index in [1.807, 2.05) is 0 Å². The van der Waals surface area contributed by atoms with Crippen molar-refractivity contribution in [1.29, 1.82) is 0 Å². The van der Waals surface area contributed by atoms with Gasteiger partial charge in [0, 0.05) is 6.42 Å². The van der Waals surface area contributed by atoms with Gasteiger partial charge in [0.1, 0.15) is 6.54 Å². The van der Waals surface area contributed by atoms with Crippen molar-refractivity contribution in [1.82, 2.24) is 0 Å². The molecule has 3 N–H and O–H groups in total. The molecule has 178 valence electrons. The van der Waals surface area contributed by atoms with Crippen LogP contribution in [0.1, 0.15) is 96.8 Å². The lowest BCUT2D eigenvalue weighted by Gasteiger charge is -2.34. The van der Waals surface area contributed by atoms with E-state index in [9.17, 15) is 24.3 Å². The number of hydrogen-bond acceptors (Lipinski definition) is 3. The Morgan fingerprint density at radius 2 is 1.27 bits per heavy atom. The number of allylic oxidation sites excluding steroid dienone is 2. The first-order valence-electron chi connectivity index (χ1n) is 11.7. The highest BCUT2D eigenvalue weighted by molar-refractivity contribution is 7.54. The summed E-state index contributed by atoms with van der Waals surface area (Å²) in [4.78, 5) is 31.4. The van der Waals surface area contributed by atoms with Gasteiger partial charge in [-0.3, -0.25) is 9.36 Å². The molecule has 0 bridgehead atoms. The summed E-state index contributed by atoms with van der Waals surface area (Å²) in [6.07, 6.45) is 19.3. The van der Waals surface area contributed by atoms with Crippen LogP contribution in [-0.2, 0) is 9.36 Å². The Bertz CT molecular complexity index is 538. The minimum Gasteiger partial charge on any atom is -0.367 e. The SMILES string of the molecule is CCCCCCCC/C=C\CCCCCCCC(=O)C(O)(C[N+](C)(C)C)P(=O)(O)O. The van der Waals surface area contributed by atoms with E-state index in [1.165, 1.54) is 44.9 Å². The highest BCUT2D eigenvalue weighted by Crippen LogP contribution is 2.50. The number of aliphatic hydroxyl groups is 1. The zero-order chi connectivity index (χ0) is 23.1. The predicted octanol–water partition coefficient (Wildman–Crippen LogP) is 5.17. The van der Waals surface area contributed by atoms with E-state index in [4.69, 9.17) is 0 Å². The molecule has 0 amide bonds. The fourth-order valence-electron chi connectivity index (χ4n) is 3.56. The second-order valence-corrected chi connectivity index (χ2v) is 11.4. The van der Waals surface area contributed by atoms with E-state index in [0.717, 1.165) is 32.1 Å². The van der Waals surface area contributed by atoms with Crippen LogP contribution in [0.3, 0.4) is 0 Å². The second kappa shape index (κ2) is 15.3. The van der Waals surface area contributed by atoms with Crippen molar-refractivity contribution in [3.63, 3.8) is 0 Å². The van der Waals surface area contributed by atoms with Crippen LogP contribution in [-0.4, -0.2) is 58.2 Å². The largest absolute Gasteiger partial charge is 0.370 e. The molecule has 0 heterocycles. The number of rotatable bonds is 19. The molecule has 6 nitrogen and oxygen atoms in total. The van der Waals surface area contributed by atoms with Crippen LogP contribution in [0.15, 0.2) is 12.2 Å². The fraction of sp³-hybridized carbons (Fsp3) is 0.870. The maximum Gasteiger partial charge on any atom is 0.370 e. The highest BCUT2D eigenvalue weighted by atomic mass is 31.2. The van der Waals surface area contributed by atoms with Gasteiger partial charge < -0.3 is 19.4 Å². The first-order chi connectivity index (χ1) is 13.9. The topological polar surface area (TPSA) is 94.8 Å². The molecular formula is C23H47NO5P+. The molecule has 0 aromatic heterocycles. The molecule has 0 rings (SSSR count). The lowest BCUT2D eigenvalue weighted by Crippen LogP contribution is -2.53. The summed E-state index contributed by atoms with van der Waals surface area (Å²) in [7, 11) is 0.124. The zero-order valence-corrected chi connectivity index (χ0v) is 20.7. The first kappa shape index (κ1) is 29.5. The first-order valence-corrected chi connectivity index (χ1v) is 13.3. The number of ketones is 1. The van der Waals surface area contributed by atoms with Crippen molar-refractivity contribution >= 4 is 13.4 Å². The van der Waals surface area contributed by atoms with Crippen molar-refractivity contribution in [3.05, 3.63) is 12.2 Å². The maximum atomic E-state index is 12.4. The monoisotopic (exact) mass is 448 g/mol. The van der Waals surface area contributed by atoms with Crippen molar-refractivity contribution in [2.45, 2.75) is 102 Å². The van der Waals surface area contributed by atoms with E-state index in [2.05, 4.69) is 19.1 Å². The summed E-state index contributed by atoms with van der Waals surface area (Å²) in [5, 5.41) is 7.84. The van der Waals surface area contributed by atoms with E-state index in [0.29, 0.717) is 6.42 Å². The van der Waals surface area contributed by atoms with Gasteiger partial charge in [0.2, 0.25) is 0 Å². The second-order valence-electron chi connectivity index (χ2n) is 9.57. The Hall–Kier alpha value is -0.520. The molecule has 0 aliphatic rings. The number of quaternary nitrogens is 1. The predicted molar refractivity (Wildman–Crippen MR) is 124 cm³/mol. The number of carbonyl (C=O) groups excluding carboxylic acids is 1. The molecule has 1 atom stereocenters. The highest BCUT2D eigenvalue weighted by Gasteiger charge is 2.55. The van der Waals surface area contributed by atoms with Crippen LogP contribution in [0.25, 0.3) is 0 Å². The normalized spacial score (nSPS) is 14.9. The Kier molecular flexibility index (Phi) is 15.0. The van der Waals surface area contributed by atoms with Crippen molar-refractivity contribution < 1.29 is 28.7 Å². The van der Waals surface area contributed by atoms with Gasteiger partial charge in [0.25, 0.3) is 5.34 Å². The van der Waals surface area contributed by atoms with E-state index in [-0.39, 0.29) is 17.4 Å². The molecular weight excluding hydrogens is 401 g/mol. The average Bonchev–Trinajstić information content (AvgIpc) is 2.62. The van der Waals surface area contributed by atoms with Crippen LogP contribution < -0.4 is 0 Å². The third-order valence-corrected chi connectivity index (χ3v) is 6.64. The van der Waals surface area contributed by atoms with Gasteiger partial charge in [0.15, 0.2) is 5.78 Å². The molecule has 7 heteroatoms. The minimum atomic E-state index is -4.95. The summed E-state index contributed by atoms with van der Waals surface area (Å²) in [5.74, 6) is -0.749. The summed E-state index contributed by atoms with van der Waals surface area (Å²) >= 11 is 0. The molecule has 0 aliphatic carbocycles. The molecule has 0 fully saturated rings. The van der Waals surface area contributed by atoms with Crippen molar-refractivity contribution in [3.8, 4) is 0 Å². The molecule has 0 aliphatic heterocycles.